The number of rotatable bonds is 6. The minimum Gasteiger partial charge on any atom is -0.456 e. The second-order valence-electron chi connectivity index (χ2n) is 3.68. The maximum Gasteiger partial charge on any atom is 0.354 e. The van der Waals surface area contributed by atoms with Gasteiger partial charge in [0.1, 0.15) is 12.3 Å². The first-order valence-electron chi connectivity index (χ1n) is 5.83. The molecule has 17 heavy (non-hydrogen) atoms. The van der Waals surface area contributed by atoms with Crippen LogP contribution in [-0.4, -0.2) is 24.0 Å². The lowest BCUT2D eigenvalue weighted by molar-refractivity contribution is -0.142. The second kappa shape index (κ2) is 6.74. The van der Waals surface area contributed by atoms with E-state index >= 15 is 0 Å². The third-order valence-corrected chi connectivity index (χ3v) is 2.59. The van der Waals surface area contributed by atoms with E-state index in [2.05, 4.69) is 6.58 Å². The second-order valence-corrected chi connectivity index (χ2v) is 3.68. The predicted molar refractivity (Wildman–Crippen MR) is 68.3 cm³/mol. The highest BCUT2D eigenvalue weighted by Crippen LogP contribution is 2.06. The number of carbonyl (C=O) groups excluding carboxylic acids is 1. The number of carbonyl (C=O) groups is 1. The van der Waals surface area contributed by atoms with Crippen molar-refractivity contribution < 1.29 is 9.53 Å². The summed E-state index contributed by atoms with van der Waals surface area (Å²) in [5.74, 6) is -0.349. The van der Waals surface area contributed by atoms with Crippen LogP contribution in [0.5, 0.6) is 0 Å². The number of hydrogen-bond donors (Lipinski definition) is 0. The molecule has 1 aromatic rings. The van der Waals surface area contributed by atoms with Gasteiger partial charge in [0.2, 0.25) is 0 Å². The van der Waals surface area contributed by atoms with Gasteiger partial charge in [0, 0.05) is 13.1 Å². The first-order valence-corrected chi connectivity index (χ1v) is 5.83. The van der Waals surface area contributed by atoms with Crippen LogP contribution in [0.4, 0.5) is 0 Å². The van der Waals surface area contributed by atoms with Crippen LogP contribution in [0.2, 0.25) is 0 Å². The molecule has 0 unspecified atom stereocenters. The van der Waals surface area contributed by atoms with Gasteiger partial charge in [-0.1, -0.05) is 36.9 Å². The van der Waals surface area contributed by atoms with Crippen LogP contribution in [0.25, 0.3) is 0 Å². The summed E-state index contributed by atoms with van der Waals surface area (Å²) in [5.41, 5.74) is 1.40. The lowest BCUT2D eigenvalue weighted by Crippen LogP contribution is -2.27. The molecule has 0 heterocycles. The summed E-state index contributed by atoms with van der Waals surface area (Å²) in [7, 11) is 0. The molecule has 0 aliphatic heterocycles. The Labute approximate surface area is 103 Å². The van der Waals surface area contributed by atoms with Crippen molar-refractivity contribution in [2.75, 3.05) is 13.1 Å². The summed E-state index contributed by atoms with van der Waals surface area (Å²) < 4.78 is 5.19. The smallest absolute Gasteiger partial charge is 0.354 e. The Hall–Kier alpha value is -1.77. The fourth-order valence-corrected chi connectivity index (χ4v) is 1.54. The highest BCUT2D eigenvalue weighted by atomic mass is 16.5. The topological polar surface area (TPSA) is 29.5 Å². The molecule has 0 saturated heterocycles. The van der Waals surface area contributed by atoms with Gasteiger partial charge >= 0.3 is 5.97 Å². The van der Waals surface area contributed by atoms with E-state index in [0.29, 0.717) is 12.3 Å². The van der Waals surface area contributed by atoms with Crippen LogP contribution < -0.4 is 0 Å². The highest BCUT2D eigenvalue weighted by Gasteiger charge is 2.13. The van der Waals surface area contributed by atoms with Crippen LogP contribution >= 0.6 is 0 Å². The summed E-state index contributed by atoms with van der Waals surface area (Å²) in [6.07, 6.45) is 0. The van der Waals surface area contributed by atoms with Gasteiger partial charge in [0.15, 0.2) is 0 Å². The van der Waals surface area contributed by atoms with Crippen molar-refractivity contribution in [3.05, 3.63) is 48.2 Å². The third-order valence-electron chi connectivity index (χ3n) is 2.59. The van der Waals surface area contributed by atoms with Gasteiger partial charge in [0.05, 0.1) is 0 Å². The molecule has 0 aromatic heterocycles. The fourth-order valence-electron chi connectivity index (χ4n) is 1.54. The van der Waals surface area contributed by atoms with Crippen molar-refractivity contribution in [2.45, 2.75) is 20.5 Å². The van der Waals surface area contributed by atoms with E-state index in [1.165, 1.54) is 0 Å². The van der Waals surface area contributed by atoms with Gasteiger partial charge in [0.25, 0.3) is 0 Å². The zero-order valence-corrected chi connectivity index (χ0v) is 10.5. The minimum absolute atomic E-state index is 0.292. The number of ether oxygens (including phenoxy) is 1. The summed E-state index contributed by atoms with van der Waals surface area (Å²) >= 11 is 0. The molecule has 0 fully saturated rings. The zero-order chi connectivity index (χ0) is 12.7. The van der Waals surface area contributed by atoms with E-state index in [0.717, 1.165) is 18.7 Å². The third kappa shape index (κ3) is 3.94. The number of likely N-dealkylation sites (N-methyl/N-ethyl adjacent to an activating group) is 1. The van der Waals surface area contributed by atoms with E-state index in [1.807, 2.05) is 49.1 Å². The van der Waals surface area contributed by atoms with Crippen LogP contribution in [0.1, 0.15) is 19.4 Å². The average molecular weight is 233 g/mol. The first kappa shape index (κ1) is 13.3. The highest BCUT2D eigenvalue weighted by molar-refractivity contribution is 5.87. The summed E-state index contributed by atoms with van der Waals surface area (Å²) in [6, 6.07) is 9.62. The molecule has 0 saturated carbocycles. The molecule has 0 N–H and O–H groups in total. The van der Waals surface area contributed by atoms with Gasteiger partial charge in [-0.25, -0.2) is 4.79 Å². The monoisotopic (exact) mass is 233 g/mol. The van der Waals surface area contributed by atoms with Crippen molar-refractivity contribution in [1.29, 1.82) is 0 Å². The van der Waals surface area contributed by atoms with Gasteiger partial charge in [-0.3, -0.25) is 0 Å². The van der Waals surface area contributed by atoms with Crippen molar-refractivity contribution in [1.82, 2.24) is 4.90 Å². The maximum atomic E-state index is 11.7. The Kier molecular flexibility index (Phi) is 5.27. The largest absolute Gasteiger partial charge is 0.456 e. The van der Waals surface area contributed by atoms with Gasteiger partial charge < -0.3 is 9.64 Å². The summed E-state index contributed by atoms with van der Waals surface area (Å²) in [6.45, 7) is 9.54. The molecule has 92 valence electrons. The first-order chi connectivity index (χ1) is 8.19. The van der Waals surface area contributed by atoms with E-state index < -0.39 is 0 Å². The lowest BCUT2D eigenvalue weighted by atomic mass is 10.2. The Bertz CT molecular complexity index is 369. The Morgan fingerprint density at radius 3 is 2.35 bits per heavy atom. The van der Waals surface area contributed by atoms with Crippen molar-refractivity contribution in [3.63, 3.8) is 0 Å². The van der Waals surface area contributed by atoms with Crippen molar-refractivity contribution in [2.24, 2.45) is 0 Å². The molecule has 0 amide bonds. The predicted octanol–water partition coefficient (Wildman–Crippen LogP) is 2.59. The fraction of sp³-hybridized carbons (Fsp3) is 0.357. The normalized spacial score (nSPS) is 9.76. The SMILES string of the molecule is C=C(C(=O)OCc1ccccc1)N(CC)CC. The standard InChI is InChI=1S/C14H19NO2/c1-4-15(5-2)12(3)14(16)17-11-13-9-7-6-8-10-13/h6-10H,3-5,11H2,1-2H3. The number of benzene rings is 1. The zero-order valence-electron chi connectivity index (χ0n) is 10.5. The molecule has 0 spiro atoms. The number of hydrogen-bond acceptors (Lipinski definition) is 3. The number of nitrogens with zero attached hydrogens (tertiary/aromatic N) is 1. The molecular formula is C14H19NO2. The van der Waals surface area contributed by atoms with E-state index in [9.17, 15) is 4.79 Å². The van der Waals surface area contributed by atoms with Gasteiger partial charge in [-0.2, -0.15) is 0 Å². The van der Waals surface area contributed by atoms with E-state index in [-0.39, 0.29) is 5.97 Å². The Balaban J connectivity index is 2.47. The summed E-state index contributed by atoms with van der Waals surface area (Å²) in [4.78, 5) is 13.6. The molecule has 1 rings (SSSR count). The molecule has 0 aliphatic rings. The minimum atomic E-state index is -0.349. The Morgan fingerprint density at radius 2 is 1.82 bits per heavy atom. The van der Waals surface area contributed by atoms with E-state index in [1.54, 1.807) is 0 Å². The van der Waals surface area contributed by atoms with E-state index in [4.69, 9.17) is 4.74 Å². The molecule has 0 atom stereocenters. The van der Waals surface area contributed by atoms with Crippen LogP contribution in [-0.2, 0) is 16.1 Å². The molecule has 1 aromatic carbocycles. The molecule has 3 heteroatoms. The quantitative estimate of drug-likeness (QED) is 0.558. The Morgan fingerprint density at radius 1 is 1.24 bits per heavy atom. The molecule has 0 aliphatic carbocycles. The van der Waals surface area contributed by atoms with Gasteiger partial charge in [-0.05, 0) is 19.4 Å². The average Bonchev–Trinajstić information content (AvgIpc) is 2.38. The molecule has 3 nitrogen and oxygen atoms in total. The molecule has 0 bridgehead atoms. The van der Waals surface area contributed by atoms with Crippen LogP contribution in [0.15, 0.2) is 42.6 Å². The lowest BCUT2D eigenvalue weighted by Gasteiger charge is -2.21. The van der Waals surface area contributed by atoms with Crippen molar-refractivity contribution in [3.8, 4) is 0 Å². The van der Waals surface area contributed by atoms with Crippen molar-refractivity contribution >= 4 is 5.97 Å². The maximum absolute atomic E-state index is 11.7. The van der Waals surface area contributed by atoms with Gasteiger partial charge in [-0.15, -0.1) is 0 Å². The number of esters is 1. The van der Waals surface area contributed by atoms with Crippen LogP contribution in [0, 0.1) is 0 Å². The molecular weight excluding hydrogens is 214 g/mol. The molecule has 0 radical (unpaired) electrons. The summed E-state index contributed by atoms with van der Waals surface area (Å²) in [5, 5.41) is 0. The van der Waals surface area contributed by atoms with Crippen LogP contribution in [0.3, 0.4) is 0 Å².